The minimum atomic E-state index is 0.0302. The molecule has 1 aromatic heterocycles. The molecule has 0 spiro atoms. The zero-order chi connectivity index (χ0) is 22.1. The van der Waals surface area contributed by atoms with Crippen LogP contribution in [0.15, 0.2) is 71.3 Å². The maximum Gasteiger partial charge on any atom is 0.254 e. The van der Waals surface area contributed by atoms with E-state index in [1.807, 2.05) is 72.5 Å². The van der Waals surface area contributed by atoms with Crippen LogP contribution in [0.5, 0.6) is 5.75 Å². The molecular weight excluding hydrogens is 402 g/mol. The summed E-state index contributed by atoms with van der Waals surface area (Å²) in [5, 5.41) is 5.03. The van der Waals surface area contributed by atoms with Crippen molar-refractivity contribution < 1.29 is 14.1 Å². The van der Waals surface area contributed by atoms with E-state index in [4.69, 9.17) is 9.26 Å². The average molecular weight is 428 g/mol. The summed E-state index contributed by atoms with van der Waals surface area (Å²) < 4.78 is 11.1. The Kier molecular flexibility index (Phi) is 5.27. The van der Waals surface area contributed by atoms with Gasteiger partial charge in [0.25, 0.3) is 5.91 Å². The van der Waals surface area contributed by atoms with Gasteiger partial charge < -0.3 is 19.1 Å². The lowest BCUT2D eigenvalue weighted by molar-refractivity contribution is 0.0747. The minimum Gasteiger partial charge on any atom is -0.495 e. The Morgan fingerprint density at radius 2 is 1.72 bits per heavy atom. The molecule has 4 aromatic rings. The van der Waals surface area contributed by atoms with Crippen molar-refractivity contribution in [1.29, 1.82) is 0 Å². The third-order valence-corrected chi connectivity index (χ3v) is 6.03. The molecule has 162 valence electrons. The second-order valence-corrected chi connectivity index (χ2v) is 8.06. The van der Waals surface area contributed by atoms with Gasteiger partial charge >= 0.3 is 0 Å². The molecule has 1 amide bonds. The molecule has 5 rings (SSSR count). The third-order valence-electron chi connectivity index (χ3n) is 6.03. The molecule has 1 aliphatic rings. The second-order valence-electron chi connectivity index (χ2n) is 8.06. The average Bonchev–Trinajstić information content (AvgIpc) is 3.27. The molecule has 1 saturated heterocycles. The van der Waals surface area contributed by atoms with Crippen LogP contribution in [0.2, 0.25) is 0 Å². The molecule has 0 aliphatic carbocycles. The predicted octanol–water partition coefficient (Wildman–Crippen LogP) is 4.77. The topological polar surface area (TPSA) is 58.8 Å². The highest BCUT2D eigenvalue weighted by Gasteiger charge is 2.24. The molecule has 0 unspecified atom stereocenters. The van der Waals surface area contributed by atoms with Gasteiger partial charge in [-0.3, -0.25) is 4.79 Å². The van der Waals surface area contributed by atoms with E-state index < -0.39 is 0 Å². The highest BCUT2D eigenvalue weighted by atomic mass is 16.5. The molecule has 6 nitrogen and oxygen atoms in total. The van der Waals surface area contributed by atoms with E-state index in [2.05, 4.69) is 16.1 Å². The first-order valence-electron chi connectivity index (χ1n) is 10.8. The van der Waals surface area contributed by atoms with Crippen molar-refractivity contribution in [1.82, 2.24) is 10.1 Å². The first kappa shape index (κ1) is 20.1. The zero-order valence-electron chi connectivity index (χ0n) is 18.2. The SMILES string of the molecule is COc1ccccc1N1CCN(C(=O)c2ccc3noc(-c4ccc(C)cc4)c3c2)CC1. The van der Waals surface area contributed by atoms with E-state index >= 15 is 0 Å². The maximum absolute atomic E-state index is 13.3. The number of hydrogen-bond donors (Lipinski definition) is 0. The fourth-order valence-corrected chi connectivity index (χ4v) is 4.21. The lowest BCUT2D eigenvalue weighted by Crippen LogP contribution is -2.48. The number of hydrogen-bond acceptors (Lipinski definition) is 5. The highest BCUT2D eigenvalue weighted by Crippen LogP contribution is 2.31. The van der Waals surface area contributed by atoms with Crippen molar-refractivity contribution in [2.24, 2.45) is 0 Å². The Morgan fingerprint density at radius 1 is 0.969 bits per heavy atom. The van der Waals surface area contributed by atoms with Crippen molar-refractivity contribution >= 4 is 22.5 Å². The molecule has 0 N–H and O–H groups in total. The van der Waals surface area contributed by atoms with Crippen molar-refractivity contribution in [3.05, 3.63) is 77.9 Å². The lowest BCUT2D eigenvalue weighted by Gasteiger charge is -2.36. The maximum atomic E-state index is 13.3. The Hall–Kier alpha value is -3.80. The van der Waals surface area contributed by atoms with Crippen molar-refractivity contribution in [3.8, 4) is 17.1 Å². The standard InChI is InChI=1S/C26H25N3O3/c1-18-7-9-19(10-8-18)25-21-17-20(11-12-22(21)27-32-25)26(30)29-15-13-28(14-16-29)23-5-3-4-6-24(23)31-2/h3-12,17H,13-16H2,1-2H3. The van der Waals surface area contributed by atoms with Gasteiger partial charge in [-0.25, -0.2) is 0 Å². The number of nitrogens with zero attached hydrogens (tertiary/aromatic N) is 3. The molecule has 3 aromatic carbocycles. The normalized spacial score (nSPS) is 14.1. The summed E-state index contributed by atoms with van der Waals surface area (Å²) in [6.45, 7) is 4.88. The molecule has 1 fully saturated rings. The summed E-state index contributed by atoms with van der Waals surface area (Å²) in [5.41, 5.74) is 4.60. The minimum absolute atomic E-state index is 0.0302. The van der Waals surface area contributed by atoms with Crippen LogP contribution in [0.1, 0.15) is 15.9 Å². The van der Waals surface area contributed by atoms with Crippen LogP contribution in [-0.4, -0.2) is 49.3 Å². The Morgan fingerprint density at radius 3 is 2.47 bits per heavy atom. The summed E-state index contributed by atoms with van der Waals surface area (Å²) in [5.74, 6) is 1.58. The van der Waals surface area contributed by atoms with E-state index in [0.717, 1.165) is 41.0 Å². The smallest absolute Gasteiger partial charge is 0.254 e. The van der Waals surface area contributed by atoms with Gasteiger partial charge in [0.15, 0.2) is 5.76 Å². The highest BCUT2D eigenvalue weighted by molar-refractivity contribution is 6.01. The molecule has 0 saturated carbocycles. The molecule has 32 heavy (non-hydrogen) atoms. The first-order chi connectivity index (χ1) is 15.6. The van der Waals surface area contributed by atoms with Crippen molar-refractivity contribution in [3.63, 3.8) is 0 Å². The quantitative estimate of drug-likeness (QED) is 0.469. The number of piperazine rings is 1. The molecule has 1 aliphatic heterocycles. The van der Waals surface area contributed by atoms with Crippen LogP contribution >= 0.6 is 0 Å². The number of carbonyl (C=O) groups is 1. The van der Waals surface area contributed by atoms with Crippen molar-refractivity contribution in [2.45, 2.75) is 6.92 Å². The number of anilines is 1. The van der Waals surface area contributed by atoms with Gasteiger partial charge in [0, 0.05) is 37.3 Å². The fraction of sp³-hybridized carbons (Fsp3) is 0.231. The molecule has 2 heterocycles. The summed E-state index contributed by atoms with van der Waals surface area (Å²) in [4.78, 5) is 17.4. The van der Waals surface area contributed by atoms with Crippen LogP contribution in [0.3, 0.4) is 0 Å². The summed E-state index contributed by atoms with van der Waals surface area (Å²) in [7, 11) is 1.68. The molecule has 6 heteroatoms. The van der Waals surface area contributed by atoms with Gasteiger partial charge in [-0.2, -0.15) is 0 Å². The fourth-order valence-electron chi connectivity index (χ4n) is 4.21. The summed E-state index contributed by atoms with van der Waals surface area (Å²) in [6.07, 6.45) is 0. The monoisotopic (exact) mass is 427 g/mol. The van der Waals surface area contributed by atoms with Gasteiger partial charge in [0.05, 0.1) is 18.2 Å². The van der Waals surface area contributed by atoms with E-state index in [1.54, 1.807) is 7.11 Å². The number of fused-ring (bicyclic) bond motifs is 1. The first-order valence-corrected chi connectivity index (χ1v) is 10.8. The number of methoxy groups -OCH3 is 1. The number of aryl methyl sites for hydroxylation is 1. The Bertz CT molecular complexity index is 1260. The van der Waals surface area contributed by atoms with Crippen LogP contribution in [0.25, 0.3) is 22.2 Å². The van der Waals surface area contributed by atoms with E-state index in [1.165, 1.54) is 5.56 Å². The largest absolute Gasteiger partial charge is 0.495 e. The van der Waals surface area contributed by atoms with E-state index in [0.29, 0.717) is 24.4 Å². The van der Waals surface area contributed by atoms with Crippen LogP contribution in [0.4, 0.5) is 5.69 Å². The number of para-hydroxylation sites is 2. The molecular formula is C26H25N3O3. The third kappa shape index (κ3) is 3.68. The van der Waals surface area contributed by atoms with E-state index in [-0.39, 0.29) is 5.91 Å². The number of aromatic nitrogens is 1. The summed E-state index contributed by atoms with van der Waals surface area (Å²) >= 11 is 0. The van der Waals surface area contributed by atoms with E-state index in [9.17, 15) is 4.79 Å². The predicted molar refractivity (Wildman–Crippen MR) is 125 cm³/mol. The van der Waals surface area contributed by atoms with Gasteiger partial charge in [-0.15, -0.1) is 0 Å². The van der Waals surface area contributed by atoms with Crippen LogP contribution in [0, 0.1) is 6.92 Å². The van der Waals surface area contributed by atoms with Crippen molar-refractivity contribution in [2.75, 3.05) is 38.2 Å². The molecule has 0 atom stereocenters. The number of rotatable bonds is 4. The van der Waals surface area contributed by atoms with Gasteiger partial charge in [0.2, 0.25) is 0 Å². The Labute approximate surface area is 187 Å². The number of amides is 1. The number of benzene rings is 3. The van der Waals surface area contributed by atoms with Crippen LogP contribution < -0.4 is 9.64 Å². The molecule has 0 bridgehead atoms. The lowest BCUT2D eigenvalue weighted by atomic mass is 10.0. The number of carbonyl (C=O) groups excluding carboxylic acids is 1. The molecule has 0 radical (unpaired) electrons. The van der Waals surface area contributed by atoms with Gasteiger partial charge in [0.1, 0.15) is 11.3 Å². The van der Waals surface area contributed by atoms with Crippen LogP contribution in [-0.2, 0) is 0 Å². The van der Waals surface area contributed by atoms with Gasteiger partial charge in [-0.05, 0) is 37.3 Å². The Balaban J connectivity index is 1.35. The zero-order valence-corrected chi connectivity index (χ0v) is 18.2. The second kappa shape index (κ2) is 8.38. The summed E-state index contributed by atoms with van der Waals surface area (Å²) in [6, 6.07) is 21.7. The number of ether oxygens (including phenoxy) is 1. The van der Waals surface area contributed by atoms with Gasteiger partial charge in [-0.1, -0.05) is 47.1 Å².